The van der Waals surface area contributed by atoms with Crippen LogP contribution in [0.25, 0.3) is 0 Å². The molecule has 0 aliphatic carbocycles. The third kappa shape index (κ3) is 4.97. The molecule has 1 N–H and O–H groups in total. The summed E-state index contributed by atoms with van der Waals surface area (Å²) in [5.41, 5.74) is 0. The summed E-state index contributed by atoms with van der Waals surface area (Å²) in [5, 5.41) is 3.66. The molecule has 2 amide bonds. The van der Waals surface area contributed by atoms with E-state index >= 15 is 0 Å². The molecule has 4 aliphatic heterocycles. The molecule has 4 aliphatic rings. The number of fused-ring (bicyclic) bond motifs is 2. The van der Waals surface area contributed by atoms with Crippen LogP contribution in [0.1, 0.15) is 64.7 Å². The highest BCUT2D eigenvalue weighted by molar-refractivity contribution is 5.85. The van der Waals surface area contributed by atoms with E-state index in [1.807, 2.05) is 4.90 Å². The first-order valence-corrected chi connectivity index (χ1v) is 10.9. The number of piperidine rings is 3. The van der Waals surface area contributed by atoms with Gasteiger partial charge in [-0.05, 0) is 63.2 Å². The Bertz CT molecular complexity index is 516. The van der Waals surface area contributed by atoms with Crippen LogP contribution in [0.5, 0.6) is 0 Å². The summed E-state index contributed by atoms with van der Waals surface area (Å²) in [4.78, 5) is 29.6. The monoisotopic (exact) mass is 397 g/mol. The Kier molecular flexibility index (Phi) is 7.07. The van der Waals surface area contributed by atoms with Crippen LogP contribution in [0.4, 0.5) is 0 Å². The minimum atomic E-state index is 0. The van der Waals surface area contributed by atoms with Crippen molar-refractivity contribution in [1.29, 1.82) is 0 Å². The summed E-state index contributed by atoms with van der Waals surface area (Å²) in [6.45, 7) is 5.68. The zero-order valence-corrected chi connectivity index (χ0v) is 17.5. The molecule has 0 aromatic rings. The molecule has 154 valence electrons. The van der Waals surface area contributed by atoms with Gasteiger partial charge in [0.2, 0.25) is 11.8 Å². The molecule has 6 heteroatoms. The maximum absolute atomic E-state index is 12.7. The van der Waals surface area contributed by atoms with Gasteiger partial charge in [-0.2, -0.15) is 0 Å². The van der Waals surface area contributed by atoms with Crippen molar-refractivity contribution < 1.29 is 9.59 Å². The maximum Gasteiger partial charge on any atom is 0.225 e. The van der Waals surface area contributed by atoms with Gasteiger partial charge in [0.15, 0.2) is 0 Å². The van der Waals surface area contributed by atoms with E-state index in [9.17, 15) is 9.59 Å². The lowest BCUT2D eigenvalue weighted by Crippen LogP contribution is -2.47. The first-order chi connectivity index (χ1) is 12.6. The number of hydrogen-bond acceptors (Lipinski definition) is 3. The third-order valence-corrected chi connectivity index (χ3v) is 7.33. The molecule has 4 saturated heterocycles. The normalized spacial score (nSPS) is 32.3. The molecule has 5 nitrogen and oxygen atoms in total. The van der Waals surface area contributed by atoms with E-state index in [0.29, 0.717) is 29.8 Å². The second kappa shape index (κ2) is 9.13. The topological polar surface area (TPSA) is 52.7 Å². The van der Waals surface area contributed by atoms with Crippen LogP contribution in [0, 0.1) is 17.8 Å². The highest BCUT2D eigenvalue weighted by Gasteiger charge is 2.36. The van der Waals surface area contributed by atoms with Crippen LogP contribution in [0.2, 0.25) is 0 Å². The molecular formula is C21H36ClN3O2. The van der Waals surface area contributed by atoms with Gasteiger partial charge in [-0.15, -0.1) is 12.4 Å². The van der Waals surface area contributed by atoms with Crippen molar-refractivity contribution >= 4 is 24.2 Å². The minimum Gasteiger partial charge on any atom is -0.343 e. The highest BCUT2D eigenvalue weighted by atomic mass is 35.5. The molecule has 4 fully saturated rings. The molecule has 2 unspecified atom stereocenters. The van der Waals surface area contributed by atoms with Crippen LogP contribution in [0.15, 0.2) is 0 Å². The maximum atomic E-state index is 12.7. The van der Waals surface area contributed by atoms with Gasteiger partial charge in [0.1, 0.15) is 0 Å². The average molecular weight is 398 g/mol. The summed E-state index contributed by atoms with van der Waals surface area (Å²) >= 11 is 0. The van der Waals surface area contributed by atoms with E-state index in [-0.39, 0.29) is 18.3 Å². The Hall–Kier alpha value is -0.810. The van der Waals surface area contributed by atoms with E-state index in [2.05, 4.69) is 17.1 Å². The summed E-state index contributed by atoms with van der Waals surface area (Å²) < 4.78 is 0. The molecular weight excluding hydrogens is 362 g/mol. The fourth-order valence-corrected chi connectivity index (χ4v) is 5.58. The van der Waals surface area contributed by atoms with Gasteiger partial charge < -0.3 is 15.1 Å². The molecule has 2 bridgehead atoms. The number of hydrogen-bond donors (Lipinski definition) is 1. The number of nitrogens with one attached hydrogen (secondary N) is 1. The van der Waals surface area contributed by atoms with Gasteiger partial charge in [-0.1, -0.05) is 6.92 Å². The molecule has 0 aromatic heterocycles. The molecule has 0 saturated carbocycles. The van der Waals surface area contributed by atoms with E-state index in [1.165, 1.54) is 25.7 Å². The number of carbonyl (C=O) groups excluding carboxylic acids is 2. The Morgan fingerprint density at radius 1 is 0.852 bits per heavy atom. The van der Waals surface area contributed by atoms with E-state index in [4.69, 9.17) is 0 Å². The predicted octanol–water partition coefficient (Wildman–Crippen LogP) is 2.83. The predicted molar refractivity (Wildman–Crippen MR) is 109 cm³/mol. The fourth-order valence-electron chi connectivity index (χ4n) is 5.58. The van der Waals surface area contributed by atoms with Crippen molar-refractivity contribution in [3.8, 4) is 0 Å². The Morgan fingerprint density at radius 3 is 2.00 bits per heavy atom. The SMILES string of the molecule is CC1CCN(C(=O)C2CCN(C(=O)CC3CC4CCC(C3)N4)CC2)CC1.Cl. The lowest BCUT2D eigenvalue weighted by molar-refractivity contribution is -0.142. The van der Waals surface area contributed by atoms with Crippen LogP contribution < -0.4 is 5.32 Å². The van der Waals surface area contributed by atoms with Crippen molar-refractivity contribution in [2.24, 2.45) is 17.8 Å². The summed E-state index contributed by atoms with van der Waals surface area (Å²) in [5.74, 6) is 2.13. The molecule has 0 radical (unpaired) electrons. The number of rotatable bonds is 3. The summed E-state index contributed by atoms with van der Waals surface area (Å²) in [6, 6.07) is 1.31. The minimum absolute atomic E-state index is 0. The lowest BCUT2D eigenvalue weighted by atomic mass is 9.88. The van der Waals surface area contributed by atoms with E-state index < -0.39 is 0 Å². The van der Waals surface area contributed by atoms with Gasteiger partial charge in [0.25, 0.3) is 0 Å². The van der Waals surface area contributed by atoms with Crippen molar-refractivity contribution in [3.63, 3.8) is 0 Å². The van der Waals surface area contributed by atoms with Crippen LogP contribution in [0.3, 0.4) is 0 Å². The van der Waals surface area contributed by atoms with E-state index in [1.54, 1.807) is 0 Å². The number of likely N-dealkylation sites (tertiary alicyclic amines) is 2. The van der Waals surface area contributed by atoms with Gasteiger partial charge in [0.05, 0.1) is 0 Å². The largest absolute Gasteiger partial charge is 0.343 e. The zero-order valence-electron chi connectivity index (χ0n) is 16.7. The molecule has 27 heavy (non-hydrogen) atoms. The van der Waals surface area contributed by atoms with Crippen LogP contribution in [-0.4, -0.2) is 59.9 Å². The molecule has 0 aromatic carbocycles. The average Bonchev–Trinajstić information content (AvgIpc) is 3.00. The second-order valence-electron chi connectivity index (χ2n) is 9.34. The number of halogens is 1. The number of carbonyl (C=O) groups is 2. The van der Waals surface area contributed by atoms with Gasteiger partial charge in [-0.3, -0.25) is 9.59 Å². The van der Waals surface area contributed by atoms with Crippen molar-refractivity contribution in [2.75, 3.05) is 26.2 Å². The molecule has 0 spiro atoms. The summed E-state index contributed by atoms with van der Waals surface area (Å²) in [7, 11) is 0. The Balaban J connectivity index is 0.00000210. The van der Waals surface area contributed by atoms with Crippen molar-refractivity contribution in [3.05, 3.63) is 0 Å². The number of amides is 2. The standard InChI is InChI=1S/C21H35N3O2.ClH/c1-15-4-8-24(9-5-15)21(26)17-6-10-23(11-7-17)20(25)14-16-12-18-2-3-19(13-16)22-18;/h15-19,22H,2-14H2,1H3;1H. The van der Waals surface area contributed by atoms with Crippen LogP contribution in [-0.2, 0) is 9.59 Å². The zero-order chi connectivity index (χ0) is 18.1. The Labute approximate surface area is 170 Å². The second-order valence-corrected chi connectivity index (χ2v) is 9.34. The quantitative estimate of drug-likeness (QED) is 0.796. The van der Waals surface area contributed by atoms with Crippen molar-refractivity contribution in [1.82, 2.24) is 15.1 Å². The first kappa shape index (κ1) is 20.9. The van der Waals surface area contributed by atoms with Gasteiger partial charge in [0, 0.05) is 50.6 Å². The summed E-state index contributed by atoms with van der Waals surface area (Å²) in [6.07, 6.45) is 9.63. The first-order valence-electron chi connectivity index (χ1n) is 10.9. The fraction of sp³-hybridized carbons (Fsp3) is 0.905. The molecule has 4 heterocycles. The molecule has 2 atom stereocenters. The Morgan fingerprint density at radius 2 is 1.41 bits per heavy atom. The van der Waals surface area contributed by atoms with Gasteiger partial charge in [-0.25, -0.2) is 0 Å². The third-order valence-electron chi connectivity index (χ3n) is 7.33. The number of nitrogens with zero attached hydrogens (tertiary/aromatic N) is 2. The smallest absolute Gasteiger partial charge is 0.225 e. The lowest BCUT2D eigenvalue weighted by Gasteiger charge is -2.37. The highest BCUT2D eigenvalue weighted by Crippen LogP contribution is 2.33. The van der Waals surface area contributed by atoms with E-state index in [0.717, 1.165) is 64.2 Å². The van der Waals surface area contributed by atoms with Gasteiger partial charge >= 0.3 is 0 Å². The van der Waals surface area contributed by atoms with Crippen LogP contribution >= 0.6 is 12.4 Å². The van der Waals surface area contributed by atoms with Crippen molar-refractivity contribution in [2.45, 2.75) is 76.8 Å². The molecule has 4 rings (SSSR count).